The number of halogens is 1. The maximum absolute atomic E-state index is 12.4. The van der Waals surface area contributed by atoms with Gasteiger partial charge >= 0.3 is 0 Å². The van der Waals surface area contributed by atoms with Gasteiger partial charge in [-0.25, -0.2) is 0 Å². The molecular weight excluding hydrogens is 310 g/mol. The lowest BCUT2D eigenvalue weighted by atomic mass is 9.93. The summed E-state index contributed by atoms with van der Waals surface area (Å²) in [5, 5.41) is 19.5. The topological polar surface area (TPSA) is 99.8 Å². The van der Waals surface area contributed by atoms with Gasteiger partial charge in [-0.1, -0.05) is 11.6 Å². The molecule has 0 radical (unpaired) electrons. The molecule has 3 rings (SSSR count). The second-order valence-electron chi connectivity index (χ2n) is 5.41. The summed E-state index contributed by atoms with van der Waals surface area (Å²) < 4.78 is 5.39. The number of carbonyl (C=O) groups excluding carboxylic acids is 1. The third-order valence-corrected chi connectivity index (χ3v) is 4.48. The third-order valence-electron chi connectivity index (χ3n) is 4.18. The van der Waals surface area contributed by atoms with Crippen molar-refractivity contribution in [1.82, 2.24) is 4.90 Å². The minimum Gasteiger partial charge on any atom is -0.350 e. The molecule has 1 aromatic carbocycles. The van der Waals surface area contributed by atoms with Crippen LogP contribution in [0.1, 0.15) is 23.2 Å². The van der Waals surface area contributed by atoms with E-state index in [2.05, 4.69) is 6.07 Å². The fourth-order valence-corrected chi connectivity index (χ4v) is 3.03. The summed E-state index contributed by atoms with van der Waals surface area (Å²) in [5.74, 6) is -0.221. The van der Waals surface area contributed by atoms with Gasteiger partial charge in [-0.05, 0) is 25.0 Å². The lowest BCUT2D eigenvalue weighted by Gasteiger charge is -2.30. The van der Waals surface area contributed by atoms with Crippen LogP contribution in [0, 0.1) is 21.4 Å². The normalized spacial score (nSPS) is 22.2. The van der Waals surface area contributed by atoms with Crippen molar-refractivity contribution in [2.75, 3.05) is 13.1 Å². The number of carbonyl (C=O) groups is 1. The zero-order valence-electron chi connectivity index (χ0n) is 11.5. The summed E-state index contributed by atoms with van der Waals surface area (Å²) in [6, 6.07) is 6.05. The van der Waals surface area contributed by atoms with Gasteiger partial charge in [-0.2, -0.15) is 5.26 Å². The number of hydrogen-bond donors (Lipinski definition) is 0. The lowest BCUT2D eigenvalue weighted by molar-refractivity contribution is -0.384. The number of hydrogen-bond acceptors (Lipinski definition) is 5. The van der Waals surface area contributed by atoms with Crippen molar-refractivity contribution in [2.45, 2.75) is 24.5 Å². The number of nitro benzene ring substituents is 1. The highest BCUT2D eigenvalue weighted by molar-refractivity contribution is 6.33. The SMILES string of the molecule is N#CC1OC12CCN(C(=O)c1ccc([N+](=O)[O-])c(Cl)c1)CC2. The Morgan fingerprint density at radius 2 is 2.18 bits per heavy atom. The van der Waals surface area contributed by atoms with Crippen LogP contribution in [0.4, 0.5) is 5.69 Å². The van der Waals surface area contributed by atoms with Crippen molar-refractivity contribution in [3.8, 4) is 6.07 Å². The monoisotopic (exact) mass is 321 g/mol. The molecule has 1 atom stereocenters. The average Bonchev–Trinajstić information content (AvgIpc) is 3.19. The first-order valence-corrected chi connectivity index (χ1v) is 7.15. The number of epoxide rings is 1. The zero-order chi connectivity index (χ0) is 15.9. The molecule has 1 spiro atoms. The molecule has 0 N–H and O–H groups in total. The molecule has 114 valence electrons. The van der Waals surface area contributed by atoms with Crippen LogP contribution in [-0.4, -0.2) is 40.5 Å². The fourth-order valence-electron chi connectivity index (χ4n) is 2.78. The van der Waals surface area contributed by atoms with E-state index in [1.807, 2.05) is 0 Å². The van der Waals surface area contributed by atoms with Crippen LogP contribution in [0.25, 0.3) is 0 Å². The number of benzene rings is 1. The summed E-state index contributed by atoms with van der Waals surface area (Å²) in [4.78, 5) is 24.2. The third kappa shape index (κ3) is 2.40. The van der Waals surface area contributed by atoms with E-state index in [1.54, 1.807) is 4.90 Å². The molecule has 2 fully saturated rings. The molecule has 7 nitrogen and oxygen atoms in total. The Morgan fingerprint density at radius 3 is 2.68 bits per heavy atom. The number of nitro groups is 1. The van der Waals surface area contributed by atoms with Crippen molar-refractivity contribution >= 4 is 23.2 Å². The predicted molar refractivity (Wildman–Crippen MR) is 76.5 cm³/mol. The molecule has 0 saturated carbocycles. The Bertz CT molecular complexity index is 692. The van der Waals surface area contributed by atoms with Crippen molar-refractivity contribution in [3.63, 3.8) is 0 Å². The number of piperidine rings is 1. The summed E-state index contributed by atoms with van der Waals surface area (Å²) in [7, 11) is 0. The van der Waals surface area contributed by atoms with Crippen LogP contribution in [0.5, 0.6) is 0 Å². The molecule has 22 heavy (non-hydrogen) atoms. The smallest absolute Gasteiger partial charge is 0.287 e. The second kappa shape index (κ2) is 5.23. The predicted octanol–water partition coefficient (Wildman–Crippen LogP) is 2.15. The Hall–Kier alpha value is -2.17. The molecule has 1 amide bonds. The van der Waals surface area contributed by atoms with Crippen molar-refractivity contribution < 1.29 is 14.5 Å². The van der Waals surface area contributed by atoms with Gasteiger partial charge in [0.2, 0.25) is 0 Å². The number of likely N-dealkylation sites (tertiary alicyclic amines) is 1. The molecule has 0 bridgehead atoms. The van der Waals surface area contributed by atoms with Crippen LogP contribution in [0.15, 0.2) is 18.2 Å². The quantitative estimate of drug-likeness (QED) is 0.472. The highest BCUT2D eigenvalue weighted by Gasteiger charge is 2.58. The molecule has 8 heteroatoms. The molecular formula is C14H12ClN3O4. The molecule has 2 saturated heterocycles. The van der Waals surface area contributed by atoms with Crippen LogP contribution in [0.3, 0.4) is 0 Å². The molecule has 1 aromatic rings. The van der Waals surface area contributed by atoms with Crippen molar-refractivity contribution in [2.24, 2.45) is 0 Å². The van der Waals surface area contributed by atoms with Gasteiger partial charge in [0.15, 0.2) is 6.10 Å². The van der Waals surface area contributed by atoms with E-state index < -0.39 is 4.92 Å². The van der Waals surface area contributed by atoms with Crippen molar-refractivity contribution in [1.29, 1.82) is 5.26 Å². The van der Waals surface area contributed by atoms with Crippen LogP contribution in [-0.2, 0) is 4.74 Å². The van der Waals surface area contributed by atoms with E-state index in [-0.39, 0.29) is 28.3 Å². The Morgan fingerprint density at radius 1 is 1.50 bits per heavy atom. The summed E-state index contributed by atoms with van der Waals surface area (Å²) >= 11 is 5.83. The number of ether oxygens (including phenoxy) is 1. The summed E-state index contributed by atoms with van der Waals surface area (Å²) in [6.45, 7) is 0.983. The maximum atomic E-state index is 12.4. The van der Waals surface area contributed by atoms with E-state index in [0.29, 0.717) is 31.5 Å². The van der Waals surface area contributed by atoms with E-state index in [9.17, 15) is 14.9 Å². The Labute approximate surface area is 131 Å². The van der Waals surface area contributed by atoms with Gasteiger partial charge in [-0.3, -0.25) is 14.9 Å². The zero-order valence-corrected chi connectivity index (χ0v) is 12.2. The number of rotatable bonds is 2. The maximum Gasteiger partial charge on any atom is 0.287 e. The van der Waals surface area contributed by atoms with Gasteiger partial charge in [-0.15, -0.1) is 0 Å². The molecule has 1 unspecified atom stereocenters. The molecule has 2 aliphatic rings. The highest BCUT2D eigenvalue weighted by atomic mass is 35.5. The first kappa shape index (κ1) is 14.8. The van der Waals surface area contributed by atoms with Gasteiger partial charge < -0.3 is 9.64 Å². The second-order valence-corrected chi connectivity index (χ2v) is 5.81. The minimum atomic E-state index is -0.590. The van der Waals surface area contributed by atoms with E-state index in [4.69, 9.17) is 21.6 Å². The molecule has 2 aliphatic heterocycles. The van der Waals surface area contributed by atoms with Gasteiger partial charge in [0, 0.05) is 24.7 Å². The fraction of sp³-hybridized carbons (Fsp3) is 0.429. The number of nitriles is 1. The first-order chi connectivity index (χ1) is 10.5. The molecule has 0 aromatic heterocycles. The minimum absolute atomic E-state index is 0.0561. The van der Waals surface area contributed by atoms with E-state index in [1.165, 1.54) is 18.2 Å². The standard InChI is InChI=1S/C14H12ClN3O4/c15-10-7-9(1-2-11(10)18(20)21)13(19)17-5-3-14(4-6-17)12(8-16)22-14/h1-2,7,12H,3-6H2. The van der Waals surface area contributed by atoms with Crippen LogP contribution < -0.4 is 0 Å². The number of nitrogens with zero attached hydrogens (tertiary/aromatic N) is 3. The average molecular weight is 322 g/mol. The van der Waals surface area contributed by atoms with Gasteiger partial charge in [0.25, 0.3) is 11.6 Å². The van der Waals surface area contributed by atoms with E-state index >= 15 is 0 Å². The summed E-state index contributed by atoms with van der Waals surface area (Å²) in [6.07, 6.45) is 0.883. The largest absolute Gasteiger partial charge is 0.350 e. The summed E-state index contributed by atoms with van der Waals surface area (Å²) in [5.41, 5.74) is -0.280. The molecule has 0 aliphatic carbocycles. The van der Waals surface area contributed by atoms with Crippen LogP contribution in [0.2, 0.25) is 5.02 Å². The van der Waals surface area contributed by atoms with Crippen molar-refractivity contribution in [3.05, 3.63) is 38.9 Å². The van der Waals surface area contributed by atoms with E-state index in [0.717, 1.165) is 0 Å². The Balaban J connectivity index is 1.69. The lowest BCUT2D eigenvalue weighted by Crippen LogP contribution is -2.42. The van der Waals surface area contributed by atoms with Gasteiger partial charge in [0.1, 0.15) is 10.6 Å². The molecule has 2 heterocycles. The Kier molecular flexibility index (Phi) is 3.51. The highest BCUT2D eigenvalue weighted by Crippen LogP contribution is 2.45. The van der Waals surface area contributed by atoms with Gasteiger partial charge in [0.05, 0.1) is 11.0 Å². The van der Waals surface area contributed by atoms with Crippen LogP contribution >= 0.6 is 11.6 Å². The number of amides is 1. The first-order valence-electron chi connectivity index (χ1n) is 6.77.